The summed E-state index contributed by atoms with van der Waals surface area (Å²) >= 11 is 0. The van der Waals surface area contributed by atoms with Gasteiger partial charge in [0.2, 0.25) is 0 Å². The Morgan fingerprint density at radius 3 is 2.52 bits per heavy atom. The number of piperidine rings is 1. The monoisotopic (exact) mass is 558 g/mol. The molecule has 2 heterocycles. The fourth-order valence-corrected chi connectivity index (χ4v) is 4.35. The minimum atomic E-state index is 0. The number of benzene rings is 2. The predicted octanol–water partition coefficient (Wildman–Crippen LogP) is 4.25. The third-order valence-corrected chi connectivity index (χ3v) is 6.22. The highest BCUT2D eigenvalue weighted by Gasteiger charge is 2.25. The minimum Gasteiger partial charge on any atom is -0.356 e. The number of nitrogens with zero attached hydrogens (tertiary/aromatic N) is 4. The topological polar surface area (TPSA) is 57.5 Å². The van der Waals surface area contributed by atoms with Crippen LogP contribution in [-0.2, 0) is 13.0 Å². The molecule has 1 fully saturated rings. The van der Waals surface area contributed by atoms with E-state index in [1.807, 2.05) is 24.0 Å². The first-order valence-corrected chi connectivity index (χ1v) is 11.6. The van der Waals surface area contributed by atoms with Crippen LogP contribution in [0.25, 0.3) is 5.69 Å². The highest BCUT2D eigenvalue weighted by atomic mass is 127. The Morgan fingerprint density at radius 1 is 1.06 bits per heavy atom. The molecular formula is C26H35IN6. The van der Waals surface area contributed by atoms with Crippen LogP contribution in [0.3, 0.4) is 0 Å². The van der Waals surface area contributed by atoms with E-state index in [-0.39, 0.29) is 24.0 Å². The van der Waals surface area contributed by atoms with Crippen LogP contribution in [0.15, 0.2) is 78.0 Å². The third kappa shape index (κ3) is 7.30. The van der Waals surface area contributed by atoms with Crippen molar-refractivity contribution in [3.8, 4) is 5.69 Å². The Balaban J connectivity index is 0.00000306. The van der Waals surface area contributed by atoms with Gasteiger partial charge in [-0.1, -0.05) is 42.5 Å². The second-order valence-corrected chi connectivity index (χ2v) is 8.54. The summed E-state index contributed by atoms with van der Waals surface area (Å²) in [5.41, 5.74) is 3.77. The minimum absolute atomic E-state index is 0. The summed E-state index contributed by atoms with van der Waals surface area (Å²) in [6.45, 7) is 5.32. The number of aromatic nitrogens is 2. The van der Waals surface area contributed by atoms with Crippen molar-refractivity contribution in [1.29, 1.82) is 0 Å². The van der Waals surface area contributed by atoms with Crippen molar-refractivity contribution in [2.75, 3.05) is 20.1 Å². The summed E-state index contributed by atoms with van der Waals surface area (Å²) in [5.74, 6) is 0.895. The van der Waals surface area contributed by atoms with Gasteiger partial charge in [-0.25, -0.2) is 4.68 Å². The summed E-state index contributed by atoms with van der Waals surface area (Å²) in [6.07, 6.45) is 6.96. The summed E-state index contributed by atoms with van der Waals surface area (Å²) in [6, 6.07) is 22.3. The maximum atomic E-state index is 4.44. The van der Waals surface area contributed by atoms with E-state index in [9.17, 15) is 0 Å². The number of hydrogen-bond acceptors (Lipinski definition) is 3. The van der Waals surface area contributed by atoms with Gasteiger partial charge in [0.1, 0.15) is 0 Å². The van der Waals surface area contributed by atoms with Crippen molar-refractivity contribution in [1.82, 2.24) is 25.3 Å². The largest absolute Gasteiger partial charge is 0.356 e. The van der Waals surface area contributed by atoms with Gasteiger partial charge >= 0.3 is 0 Å². The van der Waals surface area contributed by atoms with E-state index < -0.39 is 0 Å². The molecule has 0 bridgehead atoms. The molecule has 3 aromatic rings. The van der Waals surface area contributed by atoms with Crippen molar-refractivity contribution in [2.24, 2.45) is 4.99 Å². The zero-order chi connectivity index (χ0) is 22.2. The molecule has 33 heavy (non-hydrogen) atoms. The van der Waals surface area contributed by atoms with Gasteiger partial charge in [0.15, 0.2) is 5.96 Å². The van der Waals surface area contributed by atoms with Crippen LogP contribution in [0.1, 0.15) is 30.9 Å². The zero-order valence-corrected chi connectivity index (χ0v) is 21.9. The van der Waals surface area contributed by atoms with Crippen molar-refractivity contribution >= 4 is 29.9 Å². The molecule has 2 aromatic carbocycles. The average Bonchev–Trinajstić information content (AvgIpc) is 3.36. The summed E-state index contributed by atoms with van der Waals surface area (Å²) in [5, 5.41) is 11.4. The van der Waals surface area contributed by atoms with Crippen LogP contribution in [0.2, 0.25) is 0 Å². The molecule has 0 spiro atoms. The molecule has 0 radical (unpaired) electrons. The van der Waals surface area contributed by atoms with Crippen molar-refractivity contribution in [3.05, 3.63) is 84.2 Å². The number of guanidine groups is 1. The van der Waals surface area contributed by atoms with Crippen LogP contribution in [-0.4, -0.2) is 52.9 Å². The van der Waals surface area contributed by atoms with Gasteiger partial charge in [-0.3, -0.25) is 9.89 Å². The number of halogens is 1. The zero-order valence-electron chi connectivity index (χ0n) is 19.5. The summed E-state index contributed by atoms with van der Waals surface area (Å²) in [4.78, 5) is 7.02. The highest BCUT2D eigenvalue weighted by molar-refractivity contribution is 14.0. The van der Waals surface area contributed by atoms with E-state index in [1.165, 1.54) is 11.1 Å². The van der Waals surface area contributed by atoms with Gasteiger partial charge in [0.25, 0.3) is 0 Å². The fourth-order valence-electron chi connectivity index (χ4n) is 4.35. The number of nitrogens with one attached hydrogen (secondary N) is 2. The molecule has 0 amide bonds. The standard InChI is InChI=1S/C26H34N6.HI/c1-21-19-24(14-18-31(21)20-23-7-4-3-5-8-23)30-26(27-2)28-16-13-22-9-11-25(12-10-22)32-17-6-15-29-32;/h3-12,15,17,21,24H,13-14,16,18-20H2,1-2H3,(H2,27,28,30);1H. The van der Waals surface area contributed by atoms with E-state index in [1.54, 1.807) is 6.20 Å². The SMILES string of the molecule is CN=C(NCCc1ccc(-n2cccn2)cc1)NC1CCN(Cc2ccccc2)C(C)C1.I. The lowest BCUT2D eigenvalue weighted by Gasteiger charge is -2.38. The quantitative estimate of drug-likeness (QED) is 0.259. The molecule has 2 N–H and O–H groups in total. The van der Waals surface area contributed by atoms with E-state index in [2.05, 4.69) is 87.1 Å². The summed E-state index contributed by atoms with van der Waals surface area (Å²) < 4.78 is 1.87. The van der Waals surface area contributed by atoms with E-state index in [0.29, 0.717) is 12.1 Å². The second-order valence-electron chi connectivity index (χ2n) is 8.54. The Hall–Kier alpha value is -2.39. The number of aliphatic imine (C=N–C) groups is 1. The Labute approximate surface area is 214 Å². The maximum Gasteiger partial charge on any atom is 0.191 e. The lowest BCUT2D eigenvalue weighted by atomic mass is 9.97. The first-order chi connectivity index (χ1) is 15.7. The predicted molar refractivity (Wildman–Crippen MR) is 147 cm³/mol. The van der Waals surface area contributed by atoms with Gasteiger partial charge in [-0.15, -0.1) is 24.0 Å². The van der Waals surface area contributed by atoms with E-state index in [0.717, 1.165) is 50.5 Å². The Morgan fingerprint density at radius 2 is 1.85 bits per heavy atom. The lowest BCUT2D eigenvalue weighted by Crippen LogP contribution is -2.51. The molecule has 0 saturated carbocycles. The van der Waals surface area contributed by atoms with Gasteiger partial charge in [0.05, 0.1) is 5.69 Å². The fraction of sp³-hybridized carbons (Fsp3) is 0.385. The Kier molecular flexibility index (Phi) is 9.75. The molecule has 2 unspecified atom stereocenters. The lowest BCUT2D eigenvalue weighted by molar-refractivity contribution is 0.134. The normalized spacial score (nSPS) is 19.0. The molecule has 1 saturated heterocycles. The second kappa shape index (κ2) is 12.7. The molecule has 1 aromatic heterocycles. The van der Waals surface area contributed by atoms with Gasteiger partial charge in [-0.05, 0) is 55.5 Å². The molecule has 0 aliphatic carbocycles. The van der Waals surface area contributed by atoms with Gasteiger partial charge in [-0.2, -0.15) is 5.10 Å². The van der Waals surface area contributed by atoms with E-state index in [4.69, 9.17) is 0 Å². The summed E-state index contributed by atoms with van der Waals surface area (Å²) in [7, 11) is 1.85. The van der Waals surface area contributed by atoms with Gasteiger partial charge < -0.3 is 10.6 Å². The highest BCUT2D eigenvalue weighted by Crippen LogP contribution is 2.20. The van der Waals surface area contributed by atoms with Crippen LogP contribution in [0, 0.1) is 0 Å². The van der Waals surface area contributed by atoms with Crippen LogP contribution in [0.4, 0.5) is 0 Å². The van der Waals surface area contributed by atoms with E-state index >= 15 is 0 Å². The molecule has 176 valence electrons. The average molecular weight is 559 g/mol. The first-order valence-electron chi connectivity index (χ1n) is 11.6. The molecule has 1 aliphatic heterocycles. The molecule has 4 rings (SSSR count). The van der Waals surface area contributed by atoms with Crippen molar-refractivity contribution in [3.63, 3.8) is 0 Å². The van der Waals surface area contributed by atoms with Crippen LogP contribution < -0.4 is 10.6 Å². The van der Waals surface area contributed by atoms with Crippen LogP contribution >= 0.6 is 24.0 Å². The molecular weight excluding hydrogens is 523 g/mol. The molecule has 6 nitrogen and oxygen atoms in total. The number of likely N-dealkylation sites (tertiary alicyclic amines) is 1. The van der Waals surface area contributed by atoms with Gasteiger partial charge in [0, 0.05) is 51.2 Å². The smallest absolute Gasteiger partial charge is 0.191 e. The number of rotatable bonds is 7. The van der Waals surface area contributed by atoms with Crippen molar-refractivity contribution < 1.29 is 0 Å². The molecule has 7 heteroatoms. The van der Waals surface area contributed by atoms with Crippen LogP contribution in [0.5, 0.6) is 0 Å². The number of hydrogen-bond donors (Lipinski definition) is 2. The molecule has 1 aliphatic rings. The van der Waals surface area contributed by atoms with Crippen molar-refractivity contribution in [2.45, 2.75) is 44.8 Å². The molecule has 2 atom stereocenters. The Bertz CT molecular complexity index is 972. The third-order valence-electron chi connectivity index (χ3n) is 6.22. The maximum absolute atomic E-state index is 4.44. The first kappa shape index (κ1) is 25.2.